The predicted molar refractivity (Wildman–Crippen MR) is 106 cm³/mol. The van der Waals surface area contributed by atoms with E-state index in [1.54, 1.807) is 13.0 Å². The Kier molecular flexibility index (Phi) is 5.43. The second-order valence-corrected chi connectivity index (χ2v) is 7.70. The maximum atomic E-state index is 12.4. The second-order valence-electron chi connectivity index (χ2n) is 6.14. The first-order chi connectivity index (χ1) is 13.3. The van der Waals surface area contributed by atoms with Gasteiger partial charge in [-0.05, 0) is 48.0 Å². The molecule has 0 aliphatic heterocycles. The van der Waals surface area contributed by atoms with Crippen molar-refractivity contribution in [2.24, 2.45) is 5.14 Å². The van der Waals surface area contributed by atoms with Gasteiger partial charge in [-0.25, -0.2) is 13.6 Å². The maximum absolute atomic E-state index is 12.4. The molecule has 0 saturated carbocycles. The molecule has 0 aromatic heterocycles. The lowest BCUT2D eigenvalue weighted by atomic mass is 10.0. The Labute approximate surface area is 162 Å². The standard InChI is InChI=1S/C20H18N2O5S/c1-13(20(24)22-15-7-9-16(10-8-15)28(21,25)26)27-19-11-6-14-4-2-3-5-17(14)18(19)12-23/h2-13H,1H3,(H,22,24)(H2,21,25,26)/t13-/m0/s1. The summed E-state index contributed by atoms with van der Waals surface area (Å²) in [7, 11) is -3.80. The minimum Gasteiger partial charge on any atom is -0.480 e. The van der Waals surface area contributed by atoms with Gasteiger partial charge in [0, 0.05) is 5.69 Å². The second kappa shape index (κ2) is 7.79. The van der Waals surface area contributed by atoms with Crippen LogP contribution >= 0.6 is 0 Å². The number of carbonyl (C=O) groups is 2. The van der Waals surface area contributed by atoms with Gasteiger partial charge in [0.1, 0.15) is 5.75 Å². The highest BCUT2D eigenvalue weighted by molar-refractivity contribution is 7.89. The molecule has 3 aromatic rings. The Morgan fingerprint density at radius 2 is 1.75 bits per heavy atom. The number of nitrogens with two attached hydrogens (primary N) is 1. The van der Waals surface area contributed by atoms with Crippen LogP contribution in [0.5, 0.6) is 5.75 Å². The highest BCUT2D eigenvalue weighted by Crippen LogP contribution is 2.27. The number of ether oxygens (including phenoxy) is 1. The van der Waals surface area contributed by atoms with Crippen molar-refractivity contribution in [1.29, 1.82) is 0 Å². The van der Waals surface area contributed by atoms with E-state index in [4.69, 9.17) is 9.88 Å². The zero-order valence-corrected chi connectivity index (χ0v) is 15.8. The van der Waals surface area contributed by atoms with E-state index < -0.39 is 22.0 Å². The fourth-order valence-corrected chi connectivity index (χ4v) is 3.23. The number of sulfonamides is 1. The first-order valence-corrected chi connectivity index (χ1v) is 9.91. The molecule has 144 valence electrons. The van der Waals surface area contributed by atoms with Gasteiger partial charge >= 0.3 is 0 Å². The van der Waals surface area contributed by atoms with Crippen molar-refractivity contribution in [2.45, 2.75) is 17.9 Å². The summed E-state index contributed by atoms with van der Waals surface area (Å²) in [5, 5.41) is 9.30. The molecule has 7 nitrogen and oxygen atoms in total. The largest absolute Gasteiger partial charge is 0.480 e. The molecule has 0 fully saturated rings. The van der Waals surface area contributed by atoms with Crippen LogP contribution < -0.4 is 15.2 Å². The van der Waals surface area contributed by atoms with E-state index in [0.29, 0.717) is 23.3 Å². The topological polar surface area (TPSA) is 116 Å². The van der Waals surface area contributed by atoms with E-state index in [1.807, 2.05) is 30.3 Å². The molecule has 0 aliphatic rings. The van der Waals surface area contributed by atoms with E-state index >= 15 is 0 Å². The summed E-state index contributed by atoms with van der Waals surface area (Å²) in [6.45, 7) is 1.55. The van der Waals surface area contributed by atoms with Crippen LogP contribution in [0, 0.1) is 0 Å². The summed E-state index contributed by atoms with van der Waals surface area (Å²) in [4.78, 5) is 23.9. The van der Waals surface area contributed by atoms with Crippen molar-refractivity contribution in [3.8, 4) is 5.75 Å². The van der Waals surface area contributed by atoms with Gasteiger partial charge in [0.05, 0.1) is 10.5 Å². The van der Waals surface area contributed by atoms with Gasteiger partial charge in [-0.1, -0.05) is 30.3 Å². The third-order valence-electron chi connectivity index (χ3n) is 4.17. The first-order valence-electron chi connectivity index (χ1n) is 8.37. The van der Waals surface area contributed by atoms with E-state index in [-0.39, 0.29) is 4.90 Å². The van der Waals surface area contributed by atoms with Crippen molar-refractivity contribution in [3.05, 3.63) is 66.2 Å². The van der Waals surface area contributed by atoms with Crippen LogP contribution in [0.4, 0.5) is 5.69 Å². The summed E-state index contributed by atoms with van der Waals surface area (Å²) in [6, 6.07) is 16.3. The summed E-state index contributed by atoms with van der Waals surface area (Å²) < 4.78 is 28.2. The number of carbonyl (C=O) groups excluding carboxylic acids is 2. The maximum Gasteiger partial charge on any atom is 0.265 e. The average Bonchev–Trinajstić information content (AvgIpc) is 2.67. The number of hydrogen-bond donors (Lipinski definition) is 2. The Morgan fingerprint density at radius 3 is 2.39 bits per heavy atom. The van der Waals surface area contributed by atoms with Crippen molar-refractivity contribution in [3.63, 3.8) is 0 Å². The molecule has 0 bridgehead atoms. The lowest BCUT2D eigenvalue weighted by molar-refractivity contribution is -0.122. The van der Waals surface area contributed by atoms with E-state index in [0.717, 1.165) is 10.8 Å². The van der Waals surface area contributed by atoms with Crippen LogP contribution in [0.3, 0.4) is 0 Å². The van der Waals surface area contributed by atoms with Crippen LogP contribution in [0.15, 0.2) is 65.6 Å². The van der Waals surface area contributed by atoms with Crippen molar-refractivity contribution in [1.82, 2.24) is 0 Å². The molecule has 0 aliphatic carbocycles. The minimum atomic E-state index is -3.80. The van der Waals surface area contributed by atoms with E-state index in [1.165, 1.54) is 24.3 Å². The van der Waals surface area contributed by atoms with Gasteiger partial charge in [-0.15, -0.1) is 0 Å². The molecule has 1 atom stereocenters. The first kappa shape index (κ1) is 19.5. The zero-order valence-electron chi connectivity index (χ0n) is 15.0. The van der Waals surface area contributed by atoms with Crippen LogP contribution in [-0.2, 0) is 14.8 Å². The van der Waals surface area contributed by atoms with E-state index in [2.05, 4.69) is 5.32 Å². The predicted octanol–water partition coefficient (Wildman–Crippen LogP) is 2.71. The van der Waals surface area contributed by atoms with Gasteiger partial charge in [-0.2, -0.15) is 0 Å². The van der Waals surface area contributed by atoms with Gasteiger partial charge in [-0.3, -0.25) is 9.59 Å². The summed E-state index contributed by atoms with van der Waals surface area (Å²) in [5.74, 6) is -0.144. The smallest absolute Gasteiger partial charge is 0.265 e. The zero-order chi connectivity index (χ0) is 20.3. The molecular formula is C20H18N2O5S. The minimum absolute atomic E-state index is 0.0541. The van der Waals surface area contributed by atoms with Gasteiger partial charge in [0.2, 0.25) is 10.0 Å². The Bertz CT molecular complexity index is 1140. The number of fused-ring (bicyclic) bond motifs is 1. The summed E-state index contributed by atoms with van der Waals surface area (Å²) in [6.07, 6.45) is -0.188. The summed E-state index contributed by atoms with van der Waals surface area (Å²) >= 11 is 0. The number of anilines is 1. The van der Waals surface area contributed by atoms with Gasteiger partial charge in [0.15, 0.2) is 12.4 Å². The third-order valence-corrected chi connectivity index (χ3v) is 5.10. The molecule has 0 saturated heterocycles. The average molecular weight is 398 g/mol. The number of nitrogens with one attached hydrogen (secondary N) is 1. The van der Waals surface area contributed by atoms with E-state index in [9.17, 15) is 18.0 Å². The molecule has 0 heterocycles. The molecule has 0 spiro atoms. The van der Waals surface area contributed by atoms with Crippen LogP contribution in [0.25, 0.3) is 10.8 Å². The Hall–Kier alpha value is -3.23. The molecule has 0 radical (unpaired) electrons. The number of amides is 1. The lowest BCUT2D eigenvalue weighted by Crippen LogP contribution is -2.30. The molecule has 0 unspecified atom stereocenters. The van der Waals surface area contributed by atoms with Gasteiger partial charge < -0.3 is 10.1 Å². The molecule has 8 heteroatoms. The molecule has 3 aromatic carbocycles. The third kappa shape index (κ3) is 4.19. The number of hydrogen-bond acceptors (Lipinski definition) is 5. The van der Waals surface area contributed by atoms with Crippen LogP contribution in [0.2, 0.25) is 0 Å². The molecule has 3 rings (SSSR count). The summed E-state index contributed by atoms with van der Waals surface area (Å²) in [5.41, 5.74) is 0.761. The fraction of sp³-hybridized carbons (Fsp3) is 0.100. The van der Waals surface area contributed by atoms with Gasteiger partial charge in [0.25, 0.3) is 5.91 Å². The molecule has 1 amide bonds. The van der Waals surface area contributed by atoms with Crippen LogP contribution in [-0.4, -0.2) is 26.7 Å². The highest BCUT2D eigenvalue weighted by Gasteiger charge is 2.18. The van der Waals surface area contributed by atoms with Crippen molar-refractivity contribution >= 4 is 38.7 Å². The Balaban J connectivity index is 1.76. The Morgan fingerprint density at radius 1 is 1.07 bits per heavy atom. The number of rotatable bonds is 6. The molecule has 3 N–H and O–H groups in total. The number of primary sulfonamides is 1. The van der Waals surface area contributed by atoms with Crippen LogP contribution in [0.1, 0.15) is 17.3 Å². The highest BCUT2D eigenvalue weighted by atomic mass is 32.2. The quantitative estimate of drug-likeness (QED) is 0.620. The van der Waals surface area contributed by atoms with Crippen molar-refractivity contribution < 1.29 is 22.7 Å². The SMILES string of the molecule is C[C@H](Oc1ccc2ccccc2c1C=O)C(=O)Nc1ccc(S(N)(=O)=O)cc1. The lowest BCUT2D eigenvalue weighted by Gasteiger charge is -2.17. The molecule has 28 heavy (non-hydrogen) atoms. The fourth-order valence-electron chi connectivity index (χ4n) is 2.72. The van der Waals surface area contributed by atoms with Crippen molar-refractivity contribution in [2.75, 3.05) is 5.32 Å². The molecular weight excluding hydrogens is 380 g/mol. The number of aldehydes is 1. The normalized spacial score (nSPS) is 12.4. The number of benzene rings is 3. The monoisotopic (exact) mass is 398 g/mol.